The first-order valence-electron chi connectivity index (χ1n) is 12.1. The van der Waals surface area contributed by atoms with Gasteiger partial charge in [0.1, 0.15) is 5.69 Å². The highest BCUT2D eigenvalue weighted by atomic mass is 19.3. The number of hydrogen-bond acceptors (Lipinski definition) is 7. The summed E-state index contributed by atoms with van der Waals surface area (Å²) in [6.45, 7) is 4.97. The zero-order chi connectivity index (χ0) is 25.2. The van der Waals surface area contributed by atoms with E-state index in [1.165, 1.54) is 5.56 Å². The third-order valence-corrected chi connectivity index (χ3v) is 7.69. The number of fused-ring (bicyclic) bond motifs is 2. The van der Waals surface area contributed by atoms with Crippen LogP contribution in [0, 0.1) is 25.7 Å². The monoisotopic (exact) mass is 498 g/mol. The second-order valence-electron chi connectivity index (χ2n) is 9.96. The number of hydrogen-bond donors (Lipinski definition) is 2. The number of amides is 1. The van der Waals surface area contributed by atoms with Gasteiger partial charge in [-0.2, -0.15) is 10.2 Å². The van der Waals surface area contributed by atoms with Gasteiger partial charge in [-0.05, 0) is 32.3 Å². The Kier molecular flexibility index (Phi) is 5.32. The maximum Gasteiger partial charge on any atom is 0.258 e. The SMILES string of the molecule is COCc1nn(Cc2cnc(N3CC4C(C3)C4(F)F)nc2C)cc1C(=O)N[C@@H]1CCc2c(C)n[nH]c21. The van der Waals surface area contributed by atoms with Crippen LogP contribution >= 0.6 is 0 Å². The minimum atomic E-state index is -2.53. The average molecular weight is 499 g/mol. The van der Waals surface area contributed by atoms with Crippen LogP contribution in [0.5, 0.6) is 0 Å². The van der Waals surface area contributed by atoms with E-state index < -0.39 is 17.8 Å². The highest BCUT2D eigenvalue weighted by Gasteiger charge is 2.72. The van der Waals surface area contributed by atoms with Gasteiger partial charge < -0.3 is 15.0 Å². The van der Waals surface area contributed by atoms with Gasteiger partial charge in [-0.1, -0.05) is 0 Å². The topological polar surface area (TPSA) is 114 Å². The smallest absolute Gasteiger partial charge is 0.258 e. The molecule has 10 nitrogen and oxygen atoms in total. The summed E-state index contributed by atoms with van der Waals surface area (Å²) in [5.41, 5.74) is 5.68. The van der Waals surface area contributed by atoms with E-state index >= 15 is 0 Å². The minimum absolute atomic E-state index is 0.118. The number of halogens is 2. The molecule has 3 aromatic heterocycles. The van der Waals surface area contributed by atoms with Crippen LogP contribution in [0.2, 0.25) is 0 Å². The molecule has 0 radical (unpaired) electrons. The van der Waals surface area contributed by atoms with E-state index in [1.807, 2.05) is 18.7 Å². The number of nitrogens with zero attached hydrogens (tertiary/aromatic N) is 6. The Bertz CT molecular complexity index is 1320. The molecule has 2 unspecified atom stereocenters. The summed E-state index contributed by atoms with van der Waals surface area (Å²) in [6, 6.07) is -0.118. The molecule has 190 valence electrons. The number of carbonyl (C=O) groups excluding carboxylic acids is 1. The van der Waals surface area contributed by atoms with Gasteiger partial charge in [0.05, 0.1) is 48.0 Å². The number of rotatable bonds is 7. The van der Waals surface area contributed by atoms with Crippen molar-refractivity contribution in [3.05, 3.63) is 51.9 Å². The standard InChI is InChI=1S/C24H28F2N8O2/c1-12-14(6-27-23(28-12)33-9-17-18(10-33)24(17,25)26)7-34-8-16(20(32-34)11-36-3)22(35)29-19-5-4-15-13(2)30-31-21(15)19/h6,8,17-19H,4-5,7,9-11H2,1-3H3,(H,29,35)(H,30,31)/t17?,18?,19-/m1/s1. The number of nitrogens with one attached hydrogen (secondary N) is 2. The lowest BCUT2D eigenvalue weighted by atomic mass is 10.2. The van der Waals surface area contributed by atoms with Crippen molar-refractivity contribution in [1.29, 1.82) is 0 Å². The summed E-state index contributed by atoms with van der Waals surface area (Å²) in [4.78, 5) is 24.0. The summed E-state index contributed by atoms with van der Waals surface area (Å²) in [7, 11) is 1.56. The number of carbonyl (C=O) groups is 1. The predicted octanol–water partition coefficient (Wildman–Crippen LogP) is 2.33. The lowest BCUT2D eigenvalue weighted by Crippen LogP contribution is -2.29. The number of aromatic nitrogens is 6. The zero-order valence-electron chi connectivity index (χ0n) is 20.4. The third-order valence-electron chi connectivity index (χ3n) is 7.69. The van der Waals surface area contributed by atoms with Crippen LogP contribution in [0.25, 0.3) is 0 Å². The highest BCUT2D eigenvalue weighted by Crippen LogP contribution is 2.59. The molecule has 2 fully saturated rings. The third kappa shape index (κ3) is 3.74. The Hall–Kier alpha value is -3.41. The van der Waals surface area contributed by atoms with Crippen LogP contribution in [0.4, 0.5) is 14.7 Å². The van der Waals surface area contributed by atoms with E-state index in [9.17, 15) is 13.6 Å². The van der Waals surface area contributed by atoms with E-state index in [4.69, 9.17) is 4.74 Å². The molecule has 6 rings (SSSR count). The van der Waals surface area contributed by atoms with Gasteiger partial charge in [-0.15, -0.1) is 0 Å². The fourth-order valence-corrected chi connectivity index (χ4v) is 5.50. The van der Waals surface area contributed by atoms with Crippen LogP contribution in [-0.4, -0.2) is 62.0 Å². The molecule has 3 aromatic rings. The number of H-pyrrole nitrogens is 1. The first-order chi connectivity index (χ1) is 17.3. The Morgan fingerprint density at radius 2 is 2.06 bits per heavy atom. The molecule has 0 spiro atoms. The summed E-state index contributed by atoms with van der Waals surface area (Å²) in [5, 5.41) is 15.0. The van der Waals surface area contributed by atoms with Gasteiger partial charge in [-0.25, -0.2) is 18.7 Å². The van der Waals surface area contributed by atoms with E-state index in [2.05, 4.69) is 30.6 Å². The fraction of sp³-hybridized carbons (Fsp3) is 0.542. The van der Waals surface area contributed by atoms with Crippen LogP contribution < -0.4 is 10.2 Å². The predicted molar refractivity (Wildman–Crippen MR) is 125 cm³/mol. The van der Waals surface area contributed by atoms with E-state index in [1.54, 1.807) is 24.2 Å². The normalized spacial score (nSPS) is 23.6. The summed E-state index contributed by atoms with van der Waals surface area (Å²) in [6.07, 6.45) is 5.12. The van der Waals surface area contributed by atoms with E-state index in [0.717, 1.165) is 35.5 Å². The number of ether oxygens (including phenoxy) is 1. The van der Waals surface area contributed by atoms with Crippen molar-refractivity contribution in [2.45, 2.75) is 51.8 Å². The molecule has 4 heterocycles. The molecule has 1 saturated carbocycles. The number of anilines is 1. The first kappa shape index (κ1) is 23.0. The van der Waals surface area contributed by atoms with Gasteiger partial charge in [0.2, 0.25) is 5.95 Å². The molecule has 3 atom stereocenters. The maximum absolute atomic E-state index is 13.5. The molecule has 1 amide bonds. The molecule has 12 heteroatoms. The van der Waals surface area contributed by atoms with Gasteiger partial charge in [0.25, 0.3) is 11.8 Å². The second-order valence-corrected chi connectivity index (χ2v) is 9.96. The van der Waals surface area contributed by atoms with Crippen LogP contribution in [0.1, 0.15) is 56.7 Å². The molecule has 1 aliphatic heterocycles. The molecular weight excluding hydrogens is 470 g/mol. The van der Waals surface area contributed by atoms with Gasteiger partial charge in [-0.3, -0.25) is 14.6 Å². The lowest BCUT2D eigenvalue weighted by Gasteiger charge is -2.20. The van der Waals surface area contributed by atoms with Crippen molar-refractivity contribution in [3.63, 3.8) is 0 Å². The molecule has 3 aliphatic rings. The van der Waals surface area contributed by atoms with Crippen molar-refractivity contribution in [2.24, 2.45) is 11.8 Å². The molecule has 0 bridgehead atoms. The quantitative estimate of drug-likeness (QED) is 0.514. The molecule has 0 aromatic carbocycles. The van der Waals surface area contributed by atoms with Crippen molar-refractivity contribution < 1.29 is 18.3 Å². The summed E-state index contributed by atoms with van der Waals surface area (Å²) >= 11 is 0. The number of aryl methyl sites for hydroxylation is 2. The molecule has 2 aliphatic carbocycles. The minimum Gasteiger partial charge on any atom is -0.378 e. The largest absolute Gasteiger partial charge is 0.378 e. The fourth-order valence-electron chi connectivity index (χ4n) is 5.50. The molecule has 36 heavy (non-hydrogen) atoms. The molecular formula is C24H28F2N8O2. The Balaban J connectivity index is 1.16. The number of piperidine rings is 1. The molecule has 2 N–H and O–H groups in total. The first-order valence-corrected chi connectivity index (χ1v) is 12.1. The van der Waals surface area contributed by atoms with Gasteiger partial charge in [0, 0.05) is 43.9 Å². The van der Waals surface area contributed by atoms with Gasteiger partial charge in [0.15, 0.2) is 0 Å². The van der Waals surface area contributed by atoms with Crippen LogP contribution in [-0.2, 0) is 24.3 Å². The second kappa shape index (κ2) is 8.32. The van der Waals surface area contributed by atoms with E-state index in [0.29, 0.717) is 23.8 Å². The van der Waals surface area contributed by atoms with Crippen molar-refractivity contribution in [1.82, 2.24) is 35.3 Å². The van der Waals surface area contributed by atoms with Crippen molar-refractivity contribution in [2.75, 3.05) is 25.1 Å². The highest BCUT2D eigenvalue weighted by molar-refractivity contribution is 5.95. The molecule has 1 saturated heterocycles. The maximum atomic E-state index is 13.5. The number of alkyl halides is 2. The average Bonchev–Trinajstić information content (AvgIpc) is 3.46. The lowest BCUT2D eigenvalue weighted by molar-refractivity contribution is 0.0795. The Morgan fingerprint density at radius 3 is 2.78 bits per heavy atom. The van der Waals surface area contributed by atoms with Crippen molar-refractivity contribution >= 4 is 11.9 Å². The Morgan fingerprint density at radius 1 is 1.28 bits per heavy atom. The number of methoxy groups -OCH3 is 1. The van der Waals surface area contributed by atoms with Crippen molar-refractivity contribution in [3.8, 4) is 0 Å². The number of aromatic amines is 1. The summed E-state index contributed by atoms with van der Waals surface area (Å²) < 4.78 is 34.0. The summed E-state index contributed by atoms with van der Waals surface area (Å²) in [5.74, 6) is -3.44. The van der Waals surface area contributed by atoms with Crippen LogP contribution in [0.15, 0.2) is 12.4 Å². The van der Waals surface area contributed by atoms with Gasteiger partial charge >= 0.3 is 0 Å². The zero-order valence-corrected chi connectivity index (χ0v) is 20.4. The van der Waals surface area contributed by atoms with Crippen LogP contribution in [0.3, 0.4) is 0 Å². The Labute approximate surface area is 206 Å². The van der Waals surface area contributed by atoms with E-state index in [-0.39, 0.29) is 31.6 Å².